The summed E-state index contributed by atoms with van der Waals surface area (Å²) >= 11 is 0. The molecule has 28 heavy (non-hydrogen) atoms. The quantitative estimate of drug-likeness (QED) is 0.660. The van der Waals surface area contributed by atoms with Gasteiger partial charge in [-0.15, -0.1) is 12.4 Å². The van der Waals surface area contributed by atoms with Crippen molar-refractivity contribution >= 4 is 18.4 Å². The third-order valence-electron chi connectivity index (χ3n) is 5.23. The van der Waals surface area contributed by atoms with E-state index in [0.717, 1.165) is 43.5 Å². The Morgan fingerprint density at radius 3 is 2.64 bits per heavy atom. The Balaban J connectivity index is 0.00000280. The number of nitrogens with two attached hydrogens (primary N) is 1. The molecule has 1 unspecified atom stereocenters. The van der Waals surface area contributed by atoms with Crippen LogP contribution in [0.3, 0.4) is 0 Å². The third-order valence-corrected chi connectivity index (χ3v) is 5.23. The summed E-state index contributed by atoms with van der Waals surface area (Å²) in [6.45, 7) is 0.517. The second kappa shape index (κ2) is 11.0. The number of pyridine rings is 1. The summed E-state index contributed by atoms with van der Waals surface area (Å²) in [4.78, 5) is 19.9. The molecule has 0 spiro atoms. The summed E-state index contributed by atoms with van der Waals surface area (Å²) in [5.41, 5.74) is 6.35. The van der Waals surface area contributed by atoms with Gasteiger partial charge in [0, 0.05) is 31.1 Å². The molecule has 1 aliphatic rings. The highest BCUT2D eigenvalue weighted by atomic mass is 35.5. The van der Waals surface area contributed by atoms with Gasteiger partial charge in [-0.3, -0.25) is 9.78 Å². The van der Waals surface area contributed by atoms with Crippen LogP contribution in [0.15, 0.2) is 37.1 Å². The van der Waals surface area contributed by atoms with E-state index < -0.39 is 11.9 Å². The molecular weight excluding hydrogens is 380 g/mol. The number of ether oxygens (including phenoxy) is 1. The van der Waals surface area contributed by atoms with E-state index in [1.807, 2.05) is 24.7 Å². The molecule has 0 aromatic carbocycles. The number of hydrogen-bond donors (Lipinski definition) is 2. The molecule has 2 aromatic heterocycles. The Bertz CT molecular complexity index is 717. The summed E-state index contributed by atoms with van der Waals surface area (Å²) in [5, 5.41) is 9.37. The molecule has 154 valence electrons. The van der Waals surface area contributed by atoms with Gasteiger partial charge in [0.2, 0.25) is 0 Å². The van der Waals surface area contributed by atoms with Crippen molar-refractivity contribution in [1.29, 1.82) is 0 Å². The molecule has 1 saturated carbocycles. The molecule has 1 aliphatic carbocycles. The zero-order valence-corrected chi connectivity index (χ0v) is 16.8. The minimum Gasteiger partial charge on any atom is -0.490 e. The Kier molecular flexibility index (Phi) is 8.73. The van der Waals surface area contributed by atoms with Crippen LogP contribution < -0.4 is 10.5 Å². The third kappa shape index (κ3) is 6.21. The van der Waals surface area contributed by atoms with E-state index in [9.17, 15) is 9.90 Å². The zero-order valence-electron chi connectivity index (χ0n) is 15.9. The monoisotopic (exact) mass is 408 g/mol. The maximum Gasteiger partial charge on any atom is 0.306 e. The summed E-state index contributed by atoms with van der Waals surface area (Å²) in [6.07, 6.45) is 13.4. The van der Waals surface area contributed by atoms with E-state index in [1.165, 1.54) is 0 Å². The molecule has 0 bridgehead atoms. The number of halogens is 1. The number of imidazole rings is 1. The summed E-state index contributed by atoms with van der Waals surface area (Å²) in [7, 11) is 0. The second-order valence-electron chi connectivity index (χ2n) is 7.21. The first-order chi connectivity index (χ1) is 13.2. The number of carboxylic acids is 1. The fourth-order valence-electron chi connectivity index (χ4n) is 3.68. The number of aliphatic carboxylic acids is 1. The molecular formula is C20H29ClN4O3. The van der Waals surface area contributed by atoms with Crippen LogP contribution in [-0.2, 0) is 11.2 Å². The minimum absolute atomic E-state index is 0. The fraction of sp³-hybridized carbons (Fsp3) is 0.550. The van der Waals surface area contributed by atoms with Gasteiger partial charge in [0.05, 0.1) is 24.0 Å². The molecule has 7 nitrogen and oxygen atoms in total. The van der Waals surface area contributed by atoms with E-state index in [0.29, 0.717) is 25.4 Å². The predicted octanol–water partition coefficient (Wildman–Crippen LogP) is 3.24. The lowest BCUT2D eigenvalue weighted by molar-refractivity contribution is -0.142. The maximum absolute atomic E-state index is 11.4. The van der Waals surface area contributed by atoms with Crippen molar-refractivity contribution in [3.05, 3.63) is 42.7 Å². The first kappa shape index (κ1) is 22.2. The first-order valence-corrected chi connectivity index (χ1v) is 9.67. The van der Waals surface area contributed by atoms with E-state index in [2.05, 4.69) is 14.5 Å². The van der Waals surface area contributed by atoms with Crippen molar-refractivity contribution in [2.45, 2.75) is 57.1 Å². The molecule has 1 atom stereocenters. The highest BCUT2D eigenvalue weighted by Gasteiger charge is 2.24. The number of hydrogen-bond acceptors (Lipinski definition) is 5. The Labute approximate surface area is 171 Å². The van der Waals surface area contributed by atoms with Crippen LogP contribution in [0.25, 0.3) is 0 Å². The highest BCUT2D eigenvalue weighted by Crippen LogP contribution is 2.31. The van der Waals surface area contributed by atoms with E-state index in [-0.39, 0.29) is 18.5 Å². The number of nitrogens with zero attached hydrogens (tertiary/aromatic N) is 3. The van der Waals surface area contributed by atoms with Crippen LogP contribution in [0.1, 0.15) is 50.3 Å². The van der Waals surface area contributed by atoms with E-state index in [4.69, 9.17) is 10.5 Å². The predicted molar refractivity (Wildman–Crippen MR) is 109 cm³/mol. The van der Waals surface area contributed by atoms with Crippen LogP contribution in [0.5, 0.6) is 5.75 Å². The Morgan fingerprint density at radius 1 is 1.29 bits per heavy atom. The fourth-order valence-corrected chi connectivity index (χ4v) is 3.68. The lowest BCUT2D eigenvalue weighted by atomic mass is 9.92. The van der Waals surface area contributed by atoms with Gasteiger partial charge in [-0.1, -0.05) is 0 Å². The van der Waals surface area contributed by atoms with Gasteiger partial charge >= 0.3 is 5.97 Å². The van der Waals surface area contributed by atoms with Crippen LogP contribution in [0.2, 0.25) is 0 Å². The molecule has 2 heterocycles. The van der Waals surface area contributed by atoms with Crippen molar-refractivity contribution in [3.63, 3.8) is 0 Å². The van der Waals surface area contributed by atoms with E-state index >= 15 is 0 Å². The summed E-state index contributed by atoms with van der Waals surface area (Å²) in [6, 6.07) is 4.17. The van der Waals surface area contributed by atoms with Crippen molar-refractivity contribution in [2.75, 3.05) is 6.54 Å². The molecule has 2 aromatic rings. The number of aromatic nitrogens is 3. The van der Waals surface area contributed by atoms with Gasteiger partial charge in [-0.05, 0) is 57.2 Å². The molecule has 8 heteroatoms. The van der Waals surface area contributed by atoms with Gasteiger partial charge in [-0.25, -0.2) is 4.98 Å². The Hall–Kier alpha value is -2.12. The number of carbonyl (C=O) groups is 1. The number of rotatable bonds is 9. The second-order valence-corrected chi connectivity index (χ2v) is 7.21. The van der Waals surface area contributed by atoms with Crippen LogP contribution in [-0.4, -0.2) is 38.3 Å². The van der Waals surface area contributed by atoms with Gasteiger partial charge in [0.25, 0.3) is 0 Å². The molecule has 0 aliphatic heterocycles. The summed E-state index contributed by atoms with van der Waals surface area (Å²) in [5.74, 6) is -0.316. The van der Waals surface area contributed by atoms with Gasteiger partial charge < -0.3 is 20.1 Å². The normalized spacial score (nSPS) is 20.2. The SMILES string of the molecule is Cl.NCCCC(Cc1cn([C@H]2CC[C@H](Oc3ccncc3)CC2)cn1)C(=O)O. The van der Waals surface area contributed by atoms with Crippen LogP contribution in [0.4, 0.5) is 0 Å². The lowest BCUT2D eigenvalue weighted by Crippen LogP contribution is -2.25. The smallest absolute Gasteiger partial charge is 0.306 e. The lowest BCUT2D eigenvalue weighted by Gasteiger charge is -2.29. The Morgan fingerprint density at radius 2 is 2.00 bits per heavy atom. The molecule has 3 rings (SSSR count). The largest absolute Gasteiger partial charge is 0.490 e. The van der Waals surface area contributed by atoms with Crippen molar-refractivity contribution in [1.82, 2.24) is 14.5 Å². The van der Waals surface area contributed by atoms with Gasteiger partial charge in [-0.2, -0.15) is 0 Å². The topological polar surface area (TPSA) is 103 Å². The van der Waals surface area contributed by atoms with Crippen molar-refractivity contribution in [3.8, 4) is 5.75 Å². The maximum atomic E-state index is 11.4. The average molecular weight is 409 g/mol. The molecule has 1 fully saturated rings. The van der Waals surface area contributed by atoms with Crippen LogP contribution >= 0.6 is 12.4 Å². The van der Waals surface area contributed by atoms with Gasteiger partial charge in [0.15, 0.2) is 0 Å². The first-order valence-electron chi connectivity index (χ1n) is 9.67. The van der Waals surface area contributed by atoms with Gasteiger partial charge in [0.1, 0.15) is 5.75 Å². The molecule has 0 radical (unpaired) electrons. The zero-order chi connectivity index (χ0) is 19.1. The number of carboxylic acid groups (broad SMARTS) is 1. The van der Waals surface area contributed by atoms with E-state index in [1.54, 1.807) is 12.4 Å². The van der Waals surface area contributed by atoms with Crippen molar-refractivity contribution in [2.24, 2.45) is 11.7 Å². The molecule has 0 amide bonds. The minimum atomic E-state index is -0.772. The molecule has 3 N–H and O–H groups in total. The highest BCUT2D eigenvalue weighted by molar-refractivity contribution is 5.85. The van der Waals surface area contributed by atoms with Crippen LogP contribution in [0, 0.1) is 5.92 Å². The average Bonchev–Trinajstić information content (AvgIpc) is 3.15. The standard InChI is InChI=1S/C20H28N4O3.ClH/c21-9-1-2-15(20(25)26)12-16-13-24(14-23-16)17-3-5-18(6-4-17)27-19-7-10-22-11-8-19;/h7-8,10-11,13-15,17-18H,1-6,9,12,21H2,(H,25,26);1H/t15?,17-,18-;. The van der Waals surface area contributed by atoms with Crippen molar-refractivity contribution < 1.29 is 14.6 Å². The summed E-state index contributed by atoms with van der Waals surface area (Å²) < 4.78 is 8.16. The molecule has 0 saturated heterocycles.